The van der Waals surface area contributed by atoms with Gasteiger partial charge >= 0.3 is 0 Å². The Morgan fingerprint density at radius 2 is 1.70 bits per heavy atom. The molecule has 50 heavy (non-hydrogen) atoms. The average molecular weight is 705 g/mol. The van der Waals surface area contributed by atoms with E-state index in [9.17, 15) is 14.4 Å². The standard InChI is InChI=1S/C36H42ClFN8O4/c1-22-26(7-8-27(32(22)38)29-20-41-46(23(29)2)17-18-50-4)31-21-40-33(43(31)3)34(47)42-25-5-6-28(30(37)19-25)36(49)45-15-13-44(14-16-45)35(48)24-9-11-39-12-10-24/h5-8,19-21,24,39H,9-18H2,1-4H3,(H,42,47). The third kappa shape index (κ3) is 7.03. The highest BCUT2D eigenvalue weighted by Gasteiger charge is 2.30. The maximum Gasteiger partial charge on any atom is 0.291 e. The quantitative estimate of drug-likeness (QED) is 0.262. The molecule has 6 rings (SSSR count). The summed E-state index contributed by atoms with van der Waals surface area (Å²) in [6.45, 7) is 8.20. The first-order valence-corrected chi connectivity index (χ1v) is 17.2. The molecular weight excluding hydrogens is 663 g/mol. The first-order valence-electron chi connectivity index (χ1n) is 16.8. The molecule has 0 aliphatic carbocycles. The summed E-state index contributed by atoms with van der Waals surface area (Å²) in [5.74, 6) is -0.750. The van der Waals surface area contributed by atoms with Crippen molar-refractivity contribution in [3.63, 3.8) is 0 Å². The van der Waals surface area contributed by atoms with E-state index in [0.717, 1.165) is 31.6 Å². The molecule has 0 unspecified atom stereocenters. The number of piperidine rings is 1. The number of anilines is 1. The molecule has 0 radical (unpaired) electrons. The smallest absolute Gasteiger partial charge is 0.291 e. The SMILES string of the molecule is COCCn1ncc(-c2ccc(-c3cnc(C(=O)Nc4ccc(C(=O)N5CCN(C(=O)C6CCNCC6)CC5)c(Cl)c4)n3C)c(C)c2F)c1C. The molecule has 2 aromatic heterocycles. The molecule has 2 fully saturated rings. The Hall–Kier alpha value is -4.59. The molecule has 2 N–H and O–H groups in total. The van der Waals surface area contributed by atoms with Crippen LogP contribution in [-0.2, 0) is 23.1 Å². The van der Waals surface area contributed by atoms with Crippen LogP contribution in [0, 0.1) is 25.6 Å². The van der Waals surface area contributed by atoms with Crippen molar-refractivity contribution in [1.82, 2.24) is 34.4 Å². The van der Waals surface area contributed by atoms with Crippen molar-refractivity contribution in [1.29, 1.82) is 0 Å². The molecule has 0 atom stereocenters. The molecule has 3 amide bonds. The van der Waals surface area contributed by atoms with Gasteiger partial charge in [0.05, 0.1) is 41.8 Å². The van der Waals surface area contributed by atoms with Crippen LogP contribution in [0.4, 0.5) is 10.1 Å². The number of imidazole rings is 1. The first-order chi connectivity index (χ1) is 24.1. The number of aromatic nitrogens is 4. The van der Waals surface area contributed by atoms with Gasteiger partial charge in [-0.25, -0.2) is 9.37 Å². The normalized spacial score (nSPS) is 15.4. The lowest BCUT2D eigenvalue weighted by Crippen LogP contribution is -2.52. The van der Waals surface area contributed by atoms with Gasteiger partial charge in [-0.3, -0.25) is 19.1 Å². The Kier molecular flexibility index (Phi) is 10.7. The number of benzene rings is 2. The monoisotopic (exact) mass is 704 g/mol. The number of ether oxygens (including phenoxy) is 1. The van der Waals surface area contributed by atoms with E-state index in [-0.39, 0.29) is 34.4 Å². The van der Waals surface area contributed by atoms with E-state index in [1.54, 1.807) is 65.8 Å². The van der Waals surface area contributed by atoms with Crippen LogP contribution in [0.25, 0.3) is 22.4 Å². The van der Waals surface area contributed by atoms with E-state index in [2.05, 4.69) is 20.7 Å². The van der Waals surface area contributed by atoms with Crippen molar-refractivity contribution in [2.45, 2.75) is 33.2 Å². The van der Waals surface area contributed by atoms with Crippen molar-refractivity contribution in [3.8, 4) is 22.4 Å². The van der Waals surface area contributed by atoms with Crippen molar-refractivity contribution < 1.29 is 23.5 Å². The molecule has 2 aliphatic rings. The Morgan fingerprint density at radius 3 is 2.40 bits per heavy atom. The van der Waals surface area contributed by atoms with E-state index < -0.39 is 5.91 Å². The van der Waals surface area contributed by atoms with Crippen LogP contribution < -0.4 is 10.6 Å². The summed E-state index contributed by atoms with van der Waals surface area (Å²) in [5, 5.41) is 10.7. The second-order valence-electron chi connectivity index (χ2n) is 12.8. The summed E-state index contributed by atoms with van der Waals surface area (Å²) in [6, 6.07) is 8.28. The number of hydrogen-bond donors (Lipinski definition) is 2. The molecule has 2 aromatic carbocycles. The third-order valence-corrected chi connectivity index (χ3v) is 10.1. The van der Waals surface area contributed by atoms with Crippen LogP contribution in [0.2, 0.25) is 5.02 Å². The molecule has 0 spiro atoms. The third-order valence-electron chi connectivity index (χ3n) is 9.78. The van der Waals surface area contributed by atoms with Crippen molar-refractivity contribution in [3.05, 3.63) is 76.2 Å². The van der Waals surface area contributed by atoms with E-state index in [1.165, 1.54) is 6.07 Å². The van der Waals surface area contributed by atoms with E-state index in [4.69, 9.17) is 16.3 Å². The minimum absolute atomic E-state index is 0.0465. The zero-order valence-corrected chi connectivity index (χ0v) is 29.5. The van der Waals surface area contributed by atoms with Gasteiger partial charge in [0.15, 0.2) is 5.82 Å². The molecule has 4 heterocycles. The molecule has 264 valence electrons. The van der Waals surface area contributed by atoms with Crippen LogP contribution in [-0.4, -0.2) is 99.8 Å². The lowest BCUT2D eigenvalue weighted by Gasteiger charge is -2.37. The predicted octanol–water partition coefficient (Wildman–Crippen LogP) is 4.54. The fraction of sp³-hybridized carbons (Fsp3) is 0.417. The average Bonchev–Trinajstić information content (AvgIpc) is 3.69. The number of hydrogen-bond acceptors (Lipinski definition) is 7. The number of nitrogens with one attached hydrogen (secondary N) is 2. The number of halogens is 2. The van der Waals surface area contributed by atoms with Gasteiger partial charge in [-0.05, 0) is 63.5 Å². The second kappa shape index (κ2) is 15.1. The van der Waals surface area contributed by atoms with E-state index in [0.29, 0.717) is 78.5 Å². The Balaban J connectivity index is 1.10. The molecule has 2 saturated heterocycles. The summed E-state index contributed by atoms with van der Waals surface area (Å²) in [6.07, 6.45) is 4.88. The Bertz CT molecular complexity index is 1910. The molecular formula is C36H42ClFN8O4. The molecule has 0 saturated carbocycles. The van der Waals surface area contributed by atoms with Gasteiger partial charge in [0.2, 0.25) is 5.91 Å². The number of nitrogens with zero attached hydrogens (tertiary/aromatic N) is 6. The zero-order chi connectivity index (χ0) is 35.5. The minimum Gasteiger partial charge on any atom is -0.383 e. The summed E-state index contributed by atoms with van der Waals surface area (Å²) in [5.41, 5.74) is 4.29. The fourth-order valence-corrected chi connectivity index (χ4v) is 7.00. The van der Waals surface area contributed by atoms with Crippen LogP contribution in [0.15, 0.2) is 42.7 Å². The predicted molar refractivity (Wildman–Crippen MR) is 189 cm³/mol. The van der Waals surface area contributed by atoms with E-state index >= 15 is 4.39 Å². The van der Waals surface area contributed by atoms with Crippen LogP contribution >= 0.6 is 11.6 Å². The lowest BCUT2D eigenvalue weighted by molar-refractivity contribution is -0.137. The number of piperazine rings is 1. The Morgan fingerprint density at radius 1 is 1.00 bits per heavy atom. The summed E-state index contributed by atoms with van der Waals surface area (Å²) < 4.78 is 24.3. The van der Waals surface area contributed by atoms with Crippen LogP contribution in [0.5, 0.6) is 0 Å². The number of carbonyl (C=O) groups is 3. The highest BCUT2D eigenvalue weighted by atomic mass is 35.5. The van der Waals surface area contributed by atoms with Crippen LogP contribution in [0.3, 0.4) is 0 Å². The van der Waals surface area contributed by atoms with Gasteiger partial charge in [0.25, 0.3) is 11.8 Å². The number of methoxy groups -OCH3 is 1. The summed E-state index contributed by atoms with van der Waals surface area (Å²) >= 11 is 6.56. The van der Waals surface area contributed by atoms with Gasteiger partial charge in [-0.2, -0.15) is 5.10 Å². The van der Waals surface area contributed by atoms with Gasteiger partial charge in [-0.15, -0.1) is 0 Å². The molecule has 4 aromatic rings. The minimum atomic E-state index is -0.489. The fourth-order valence-electron chi connectivity index (χ4n) is 6.74. The second-order valence-corrected chi connectivity index (χ2v) is 13.2. The largest absolute Gasteiger partial charge is 0.383 e. The van der Waals surface area contributed by atoms with Crippen molar-refractivity contribution in [2.75, 3.05) is 58.3 Å². The van der Waals surface area contributed by atoms with Crippen molar-refractivity contribution in [2.24, 2.45) is 13.0 Å². The lowest BCUT2D eigenvalue weighted by atomic mass is 9.96. The highest BCUT2D eigenvalue weighted by Crippen LogP contribution is 2.34. The summed E-state index contributed by atoms with van der Waals surface area (Å²) in [4.78, 5) is 47.5. The number of amides is 3. The van der Waals surface area contributed by atoms with Crippen molar-refractivity contribution >= 4 is 35.0 Å². The number of rotatable bonds is 9. The first kappa shape index (κ1) is 35.2. The van der Waals surface area contributed by atoms with Gasteiger partial charge < -0.3 is 29.7 Å². The molecule has 14 heteroatoms. The van der Waals surface area contributed by atoms with Crippen LogP contribution in [0.1, 0.15) is 45.1 Å². The molecule has 0 bridgehead atoms. The zero-order valence-electron chi connectivity index (χ0n) is 28.8. The maximum atomic E-state index is 15.8. The van der Waals surface area contributed by atoms with E-state index in [1.807, 2.05) is 17.9 Å². The molecule has 2 aliphatic heterocycles. The summed E-state index contributed by atoms with van der Waals surface area (Å²) in [7, 11) is 3.32. The highest BCUT2D eigenvalue weighted by molar-refractivity contribution is 6.34. The Labute approximate surface area is 295 Å². The van der Waals surface area contributed by atoms with Gasteiger partial charge in [0.1, 0.15) is 5.82 Å². The number of carbonyl (C=O) groups excluding carboxylic acids is 3. The molecule has 12 nitrogen and oxygen atoms in total. The topological polar surface area (TPSA) is 127 Å². The maximum absolute atomic E-state index is 15.8. The van der Waals surface area contributed by atoms with Gasteiger partial charge in [0, 0.05) is 74.3 Å². The van der Waals surface area contributed by atoms with Gasteiger partial charge in [-0.1, -0.05) is 23.7 Å².